The average molecular weight is 258 g/mol. The lowest BCUT2D eigenvalue weighted by molar-refractivity contribution is 0.598. The Morgan fingerprint density at radius 2 is 2.00 bits per heavy atom. The number of nitrogens with zero attached hydrogens (tertiary/aromatic N) is 3. The number of H-pyrrole nitrogens is 1. The van der Waals surface area contributed by atoms with Gasteiger partial charge in [0.2, 0.25) is 0 Å². The van der Waals surface area contributed by atoms with E-state index in [0.717, 1.165) is 34.3 Å². The zero-order chi connectivity index (χ0) is 13.7. The second-order valence-corrected chi connectivity index (χ2v) is 4.22. The Hall–Kier alpha value is -2.17. The Morgan fingerprint density at radius 3 is 2.63 bits per heavy atom. The third kappa shape index (κ3) is 2.65. The fourth-order valence-corrected chi connectivity index (χ4v) is 1.82. The zero-order valence-corrected chi connectivity index (χ0v) is 11.5. The number of hydrogen-bond donors (Lipinski definition) is 1. The van der Waals surface area contributed by atoms with E-state index in [1.165, 1.54) is 12.8 Å². The molecule has 2 aromatic heterocycles. The largest absolute Gasteiger partial charge is 0.443 e. The van der Waals surface area contributed by atoms with E-state index in [1.54, 1.807) is 6.20 Å². The molecule has 0 aliphatic carbocycles. The topological polar surface area (TPSA) is 67.6 Å². The summed E-state index contributed by atoms with van der Waals surface area (Å²) in [6, 6.07) is 4.04. The molecule has 3 aromatic rings. The number of nitrogens with one attached hydrogen (secondary N) is 1. The van der Waals surface area contributed by atoms with Crippen LogP contribution < -0.4 is 0 Å². The van der Waals surface area contributed by atoms with Crippen LogP contribution in [0.25, 0.3) is 22.4 Å². The molecule has 0 atom stereocenters. The Kier molecular flexibility index (Phi) is 4.28. The van der Waals surface area contributed by atoms with Gasteiger partial charge in [0.05, 0.1) is 6.20 Å². The molecular formula is C14H18N4O. The molecule has 19 heavy (non-hydrogen) atoms. The van der Waals surface area contributed by atoms with Gasteiger partial charge in [0, 0.05) is 5.56 Å². The number of aromatic amines is 1. The predicted octanol–water partition coefficient (Wildman–Crippen LogP) is 3.59. The number of fused-ring (bicyclic) bond motifs is 1. The molecule has 100 valence electrons. The second-order valence-electron chi connectivity index (χ2n) is 4.22. The van der Waals surface area contributed by atoms with Gasteiger partial charge in [-0.15, -0.1) is 0 Å². The zero-order valence-electron chi connectivity index (χ0n) is 11.5. The van der Waals surface area contributed by atoms with Crippen LogP contribution in [0.3, 0.4) is 0 Å². The van der Waals surface area contributed by atoms with Crippen LogP contribution in [-0.4, -0.2) is 20.4 Å². The number of oxazole rings is 1. The smallest absolute Gasteiger partial charge is 0.182 e. The average Bonchev–Trinajstić information content (AvgIpc) is 3.09. The molecule has 0 aliphatic heterocycles. The fraction of sp³-hybridized carbons (Fsp3) is 0.357. The first-order chi connectivity index (χ1) is 9.31. The quantitative estimate of drug-likeness (QED) is 0.762. The number of hydrogen-bond acceptors (Lipinski definition) is 4. The van der Waals surface area contributed by atoms with Crippen molar-refractivity contribution < 1.29 is 4.42 Å². The second kappa shape index (κ2) is 6.13. The van der Waals surface area contributed by atoms with Gasteiger partial charge >= 0.3 is 0 Å². The van der Waals surface area contributed by atoms with Gasteiger partial charge < -0.3 is 4.42 Å². The minimum absolute atomic E-state index is 0.779. The van der Waals surface area contributed by atoms with Gasteiger partial charge in [0.25, 0.3) is 0 Å². The van der Waals surface area contributed by atoms with Crippen LogP contribution in [-0.2, 0) is 6.42 Å². The van der Waals surface area contributed by atoms with Crippen molar-refractivity contribution in [3.63, 3.8) is 0 Å². The highest BCUT2D eigenvalue weighted by Gasteiger charge is 2.12. The van der Waals surface area contributed by atoms with Gasteiger partial charge in [-0.25, -0.2) is 4.98 Å². The maximum absolute atomic E-state index is 5.41. The first-order valence-electron chi connectivity index (χ1n) is 6.52. The van der Waals surface area contributed by atoms with Crippen molar-refractivity contribution in [1.82, 2.24) is 20.4 Å². The monoisotopic (exact) mass is 258 g/mol. The number of benzene rings is 1. The van der Waals surface area contributed by atoms with Gasteiger partial charge in [-0.2, -0.15) is 15.4 Å². The highest BCUT2D eigenvalue weighted by molar-refractivity contribution is 5.91. The standard InChI is InChI=1S/C11H10N4O.C3H8/c1-2-7-3-4-8(9-5-13-15-14-9)10-11(7)16-6-12-10;1-3-2/h3-6H,2H2,1H3,(H,13,14,15);3H2,1-2H3. The molecule has 5 heteroatoms. The Bertz CT molecular complexity index is 628. The van der Waals surface area contributed by atoms with Gasteiger partial charge in [-0.1, -0.05) is 33.3 Å². The molecule has 2 heterocycles. The molecule has 0 saturated carbocycles. The summed E-state index contributed by atoms with van der Waals surface area (Å²) in [7, 11) is 0. The maximum atomic E-state index is 5.41. The number of aryl methyl sites for hydroxylation is 1. The van der Waals surface area contributed by atoms with Crippen LogP contribution in [0.1, 0.15) is 32.8 Å². The Balaban J connectivity index is 0.000000408. The van der Waals surface area contributed by atoms with E-state index in [9.17, 15) is 0 Å². The van der Waals surface area contributed by atoms with Gasteiger partial charge in [0.1, 0.15) is 11.2 Å². The van der Waals surface area contributed by atoms with Crippen molar-refractivity contribution in [3.8, 4) is 11.3 Å². The Labute approximate surface area is 112 Å². The first-order valence-corrected chi connectivity index (χ1v) is 6.52. The maximum Gasteiger partial charge on any atom is 0.182 e. The molecule has 0 radical (unpaired) electrons. The van der Waals surface area contributed by atoms with Crippen LogP contribution in [0, 0.1) is 0 Å². The number of aromatic nitrogens is 4. The predicted molar refractivity (Wildman–Crippen MR) is 74.7 cm³/mol. The summed E-state index contributed by atoms with van der Waals surface area (Å²) in [4.78, 5) is 4.23. The molecule has 5 nitrogen and oxygen atoms in total. The molecular weight excluding hydrogens is 240 g/mol. The third-order valence-electron chi connectivity index (χ3n) is 2.64. The molecule has 0 aliphatic rings. The highest BCUT2D eigenvalue weighted by Crippen LogP contribution is 2.28. The van der Waals surface area contributed by atoms with E-state index >= 15 is 0 Å². The summed E-state index contributed by atoms with van der Waals surface area (Å²) >= 11 is 0. The molecule has 0 fully saturated rings. The summed E-state index contributed by atoms with van der Waals surface area (Å²) < 4.78 is 5.41. The van der Waals surface area contributed by atoms with Crippen molar-refractivity contribution in [2.45, 2.75) is 33.6 Å². The lowest BCUT2D eigenvalue weighted by atomic mass is 10.1. The minimum Gasteiger partial charge on any atom is -0.443 e. The van der Waals surface area contributed by atoms with E-state index in [2.05, 4.69) is 41.2 Å². The summed E-state index contributed by atoms with van der Waals surface area (Å²) in [5.41, 5.74) is 4.55. The van der Waals surface area contributed by atoms with Crippen LogP contribution in [0.2, 0.25) is 0 Å². The van der Waals surface area contributed by atoms with Crippen molar-refractivity contribution in [3.05, 3.63) is 30.3 Å². The molecule has 0 bridgehead atoms. The molecule has 1 N–H and O–H groups in total. The van der Waals surface area contributed by atoms with Crippen LogP contribution in [0.15, 0.2) is 29.1 Å². The third-order valence-corrected chi connectivity index (χ3v) is 2.64. The SMILES string of the molecule is CCC.CCc1ccc(-c2cn[nH]n2)c2ncoc12. The number of rotatable bonds is 2. The van der Waals surface area contributed by atoms with E-state index in [0.29, 0.717) is 0 Å². The van der Waals surface area contributed by atoms with Crippen molar-refractivity contribution in [2.24, 2.45) is 0 Å². The molecule has 3 rings (SSSR count). The van der Waals surface area contributed by atoms with Crippen molar-refractivity contribution in [2.75, 3.05) is 0 Å². The lowest BCUT2D eigenvalue weighted by Gasteiger charge is -2.00. The molecule has 0 amide bonds. The highest BCUT2D eigenvalue weighted by atomic mass is 16.3. The summed E-state index contributed by atoms with van der Waals surface area (Å²) in [6.07, 6.45) is 5.31. The van der Waals surface area contributed by atoms with E-state index in [-0.39, 0.29) is 0 Å². The molecule has 0 spiro atoms. The van der Waals surface area contributed by atoms with E-state index in [1.807, 2.05) is 12.1 Å². The fourth-order valence-electron chi connectivity index (χ4n) is 1.82. The Morgan fingerprint density at radius 1 is 1.21 bits per heavy atom. The lowest BCUT2D eigenvalue weighted by Crippen LogP contribution is -1.86. The molecule has 0 saturated heterocycles. The van der Waals surface area contributed by atoms with Crippen molar-refractivity contribution >= 4 is 11.1 Å². The molecule has 1 aromatic carbocycles. The van der Waals surface area contributed by atoms with Gasteiger partial charge in [-0.3, -0.25) is 0 Å². The van der Waals surface area contributed by atoms with Gasteiger partial charge in [0.15, 0.2) is 12.0 Å². The minimum atomic E-state index is 0.779. The van der Waals surface area contributed by atoms with Crippen LogP contribution in [0.5, 0.6) is 0 Å². The summed E-state index contributed by atoms with van der Waals surface area (Å²) in [5, 5.41) is 10.4. The van der Waals surface area contributed by atoms with E-state index in [4.69, 9.17) is 4.42 Å². The van der Waals surface area contributed by atoms with Crippen molar-refractivity contribution in [1.29, 1.82) is 0 Å². The normalized spacial score (nSPS) is 10.3. The first kappa shape index (κ1) is 13.3. The van der Waals surface area contributed by atoms with Gasteiger partial charge in [-0.05, 0) is 18.1 Å². The summed E-state index contributed by atoms with van der Waals surface area (Å²) in [6.45, 7) is 6.34. The summed E-state index contributed by atoms with van der Waals surface area (Å²) in [5.74, 6) is 0. The van der Waals surface area contributed by atoms with E-state index < -0.39 is 0 Å². The van der Waals surface area contributed by atoms with Crippen LogP contribution >= 0.6 is 0 Å². The molecule has 0 unspecified atom stereocenters. The van der Waals surface area contributed by atoms with Crippen LogP contribution in [0.4, 0.5) is 0 Å².